The molecule has 2 aromatic rings. The lowest BCUT2D eigenvalue weighted by molar-refractivity contribution is -0.141. The van der Waals surface area contributed by atoms with Crippen LogP contribution in [0, 0.1) is 0 Å². The van der Waals surface area contributed by atoms with Crippen LogP contribution in [0.2, 0.25) is 0 Å². The van der Waals surface area contributed by atoms with Gasteiger partial charge in [-0.3, -0.25) is 4.79 Å². The van der Waals surface area contributed by atoms with Gasteiger partial charge in [0, 0.05) is 12.5 Å². The van der Waals surface area contributed by atoms with Gasteiger partial charge in [-0.15, -0.1) is 0 Å². The molecule has 25 heavy (non-hydrogen) atoms. The van der Waals surface area contributed by atoms with E-state index in [1.54, 1.807) is 12.1 Å². The second kappa shape index (κ2) is 7.87. The fourth-order valence-electron chi connectivity index (χ4n) is 2.10. The van der Waals surface area contributed by atoms with Crippen molar-refractivity contribution in [2.24, 2.45) is 0 Å². The number of aliphatic carboxylic acids is 1. The minimum Gasteiger partial charge on any atom is -0.508 e. The van der Waals surface area contributed by atoms with E-state index in [0.29, 0.717) is 11.1 Å². The molecule has 1 unspecified atom stereocenters. The summed E-state index contributed by atoms with van der Waals surface area (Å²) in [7, 11) is 0. The molecule has 0 spiro atoms. The van der Waals surface area contributed by atoms with Crippen LogP contribution in [-0.2, 0) is 16.0 Å². The molecule has 0 radical (unpaired) electrons. The molecular formula is C18H17NO6. The number of hydrogen-bond donors (Lipinski definition) is 5. The average Bonchev–Trinajstić information content (AvgIpc) is 2.57. The Kier molecular flexibility index (Phi) is 5.62. The van der Waals surface area contributed by atoms with Crippen LogP contribution in [0.5, 0.6) is 17.2 Å². The minimum atomic E-state index is -1.18. The molecule has 2 rings (SSSR count). The van der Waals surface area contributed by atoms with Crippen molar-refractivity contribution < 1.29 is 30.0 Å². The first-order valence-corrected chi connectivity index (χ1v) is 7.36. The van der Waals surface area contributed by atoms with E-state index < -0.39 is 17.9 Å². The van der Waals surface area contributed by atoms with Crippen LogP contribution < -0.4 is 5.32 Å². The topological polar surface area (TPSA) is 127 Å². The summed E-state index contributed by atoms with van der Waals surface area (Å²) in [4.78, 5) is 23.2. The van der Waals surface area contributed by atoms with Crippen molar-refractivity contribution in [2.45, 2.75) is 12.5 Å². The molecular weight excluding hydrogens is 326 g/mol. The lowest BCUT2D eigenvalue weighted by Gasteiger charge is -2.13. The zero-order valence-electron chi connectivity index (χ0n) is 13.1. The van der Waals surface area contributed by atoms with Crippen molar-refractivity contribution in [3.8, 4) is 17.2 Å². The van der Waals surface area contributed by atoms with Gasteiger partial charge >= 0.3 is 5.97 Å². The second-order valence-electron chi connectivity index (χ2n) is 5.35. The third kappa shape index (κ3) is 5.28. The summed E-state index contributed by atoms with van der Waals surface area (Å²) in [6.45, 7) is 0. The van der Waals surface area contributed by atoms with E-state index in [1.165, 1.54) is 36.4 Å². The van der Waals surface area contributed by atoms with Gasteiger partial charge in [-0.25, -0.2) is 4.79 Å². The van der Waals surface area contributed by atoms with Gasteiger partial charge in [-0.05, 0) is 41.5 Å². The molecule has 0 bridgehead atoms. The second-order valence-corrected chi connectivity index (χ2v) is 5.35. The number of benzene rings is 2. The summed E-state index contributed by atoms with van der Waals surface area (Å²) in [5.74, 6) is -2.32. The predicted octanol–water partition coefficient (Wildman–Crippen LogP) is 1.63. The Morgan fingerprint density at radius 2 is 1.68 bits per heavy atom. The largest absolute Gasteiger partial charge is 0.508 e. The van der Waals surface area contributed by atoms with Gasteiger partial charge in [-0.1, -0.05) is 18.2 Å². The maximum Gasteiger partial charge on any atom is 0.326 e. The molecule has 0 aromatic heterocycles. The Hall–Kier alpha value is -3.48. The highest BCUT2D eigenvalue weighted by Gasteiger charge is 2.19. The molecule has 0 aliphatic heterocycles. The van der Waals surface area contributed by atoms with E-state index in [-0.39, 0.29) is 23.7 Å². The SMILES string of the molecule is O=C(C=Cc1ccc(O)c(O)c1)NC(Cc1ccc(O)cc1)C(=O)O. The van der Waals surface area contributed by atoms with Crippen LogP contribution in [-0.4, -0.2) is 38.3 Å². The number of carboxylic acid groups (broad SMARTS) is 1. The molecule has 7 nitrogen and oxygen atoms in total. The van der Waals surface area contributed by atoms with Crippen LogP contribution in [0.4, 0.5) is 0 Å². The van der Waals surface area contributed by atoms with Gasteiger partial charge < -0.3 is 25.7 Å². The van der Waals surface area contributed by atoms with Crippen molar-refractivity contribution in [3.05, 3.63) is 59.7 Å². The molecule has 7 heteroatoms. The molecule has 2 aromatic carbocycles. The van der Waals surface area contributed by atoms with Crippen molar-refractivity contribution in [3.63, 3.8) is 0 Å². The van der Waals surface area contributed by atoms with Crippen LogP contribution in [0.15, 0.2) is 48.5 Å². The highest BCUT2D eigenvalue weighted by Crippen LogP contribution is 2.25. The number of hydrogen-bond acceptors (Lipinski definition) is 5. The normalized spacial score (nSPS) is 12.0. The lowest BCUT2D eigenvalue weighted by Crippen LogP contribution is -2.41. The molecule has 5 N–H and O–H groups in total. The number of nitrogens with one attached hydrogen (secondary N) is 1. The lowest BCUT2D eigenvalue weighted by atomic mass is 10.1. The average molecular weight is 343 g/mol. The molecule has 0 saturated carbocycles. The molecule has 1 atom stereocenters. The van der Waals surface area contributed by atoms with E-state index in [1.807, 2.05) is 0 Å². The maximum atomic E-state index is 11.9. The van der Waals surface area contributed by atoms with Gasteiger partial charge in [0.1, 0.15) is 11.8 Å². The number of carbonyl (C=O) groups excluding carboxylic acids is 1. The van der Waals surface area contributed by atoms with E-state index >= 15 is 0 Å². The quantitative estimate of drug-likeness (QED) is 0.401. The van der Waals surface area contributed by atoms with Crippen LogP contribution in [0.3, 0.4) is 0 Å². The molecule has 0 heterocycles. The fourth-order valence-corrected chi connectivity index (χ4v) is 2.10. The molecule has 0 aliphatic rings. The van der Waals surface area contributed by atoms with E-state index in [4.69, 9.17) is 0 Å². The summed E-state index contributed by atoms with van der Waals surface area (Å²) >= 11 is 0. The Morgan fingerprint density at radius 1 is 1.00 bits per heavy atom. The Morgan fingerprint density at radius 3 is 2.28 bits per heavy atom. The van der Waals surface area contributed by atoms with E-state index in [0.717, 1.165) is 6.08 Å². The first-order chi connectivity index (χ1) is 11.8. The summed E-state index contributed by atoms with van der Waals surface area (Å²) in [5.41, 5.74) is 1.12. The van der Waals surface area contributed by atoms with Crippen LogP contribution >= 0.6 is 0 Å². The van der Waals surface area contributed by atoms with Crippen LogP contribution in [0.1, 0.15) is 11.1 Å². The van der Waals surface area contributed by atoms with E-state index in [2.05, 4.69) is 5.32 Å². The molecule has 0 saturated heterocycles. The fraction of sp³-hybridized carbons (Fsp3) is 0.111. The predicted molar refractivity (Wildman–Crippen MR) is 90.2 cm³/mol. The van der Waals surface area contributed by atoms with E-state index in [9.17, 15) is 30.0 Å². The Balaban J connectivity index is 2.01. The van der Waals surface area contributed by atoms with Crippen LogP contribution in [0.25, 0.3) is 6.08 Å². The Labute approximate surface area is 143 Å². The summed E-state index contributed by atoms with van der Waals surface area (Å²) < 4.78 is 0. The smallest absolute Gasteiger partial charge is 0.326 e. The molecule has 0 fully saturated rings. The van der Waals surface area contributed by atoms with Crippen molar-refractivity contribution in [2.75, 3.05) is 0 Å². The first-order valence-electron chi connectivity index (χ1n) is 7.36. The standard InChI is InChI=1S/C18H17NO6/c20-13-5-1-11(2-6-13)9-14(18(24)25)19-17(23)8-4-12-3-7-15(21)16(22)10-12/h1-8,10,14,20-22H,9H2,(H,19,23)(H,24,25). The highest BCUT2D eigenvalue weighted by atomic mass is 16.4. The van der Waals surface area contributed by atoms with Gasteiger partial charge in [0.2, 0.25) is 5.91 Å². The van der Waals surface area contributed by atoms with Gasteiger partial charge in [-0.2, -0.15) is 0 Å². The Bertz CT molecular complexity index is 798. The molecule has 1 amide bonds. The van der Waals surface area contributed by atoms with Gasteiger partial charge in [0.25, 0.3) is 0 Å². The zero-order valence-corrected chi connectivity index (χ0v) is 13.1. The molecule has 130 valence electrons. The monoisotopic (exact) mass is 343 g/mol. The number of phenolic OH excluding ortho intramolecular Hbond substituents is 3. The third-order valence-electron chi connectivity index (χ3n) is 3.42. The number of carbonyl (C=O) groups is 2. The first kappa shape index (κ1) is 17.9. The van der Waals surface area contributed by atoms with Gasteiger partial charge in [0.05, 0.1) is 0 Å². The summed E-state index contributed by atoms with van der Waals surface area (Å²) in [5, 5.41) is 39.5. The zero-order chi connectivity index (χ0) is 18.4. The van der Waals surface area contributed by atoms with Gasteiger partial charge in [0.15, 0.2) is 11.5 Å². The number of aromatic hydroxyl groups is 3. The number of carboxylic acids is 1. The minimum absolute atomic E-state index is 0.0647. The summed E-state index contributed by atoms with van der Waals surface area (Å²) in [6.07, 6.45) is 2.59. The highest BCUT2D eigenvalue weighted by molar-refractivity contribution is 5.94. The molecule has 0 aliphatic carbocycles. The number of amides is 1. The summed E-state index contributed by atoms with van der Waals surface area (Å²) in [6, 6.07) is 8.93. The maximum absolute atomic E-state index is 11.9. The van der Waals surface area contributed by atoms with Crippen molar-refractivity contribution in [1.29, 1.82) is 0 Å². The number of rotatable bonds is 6. The van der Waals surface area contributed by atoms with Crippen molar-refractivity contribution in [1.82, 2.24) is 5.32 Å². The number of phenols is 3. The van der Waals surface area contributed by atoms with Crippen molar-refractivity contribution >= 4 is 18.0 Å². The third-order valence-corrected chi connectivity index (χ3v) is 3.42.